The molecule has 0 aliphatic heterocycles. The molecule has 2 rings (SSSR count). The van der Waals surface area contributed by atoms with E-state index in [1.165, 1.54) is 11.8 Å². The molecular weight excluding hydrogens is 274 g/mol. The molecule has 1 aromatic rings. The summed E-state index contributed by atoms with van der Waals surface area (Å²) < 4.78 is 0. The molecule has 0 bridgehead atoms. The number of carbonyl (C=O) groups excluding carboxylic acids is 1. The van der Waals surface area contributed by atoms with Crippen LogP contribution in [0.15, 0.2) is 35.2 Å². The van der Waals surface area contributed by atoms with E-state index in [0.29, 0.717) is 12.3 Å². The predicted molar refractivity (Wildman–Crippen MR) is 78.6 cm³/mol. The van der Waals surface area contributed by atoms with Crippen LogP contribution in [-0.2, 0) is 9.59 Å². The smallest absolute Gasteiger partial charge is 0.306 e. The number of carboxylic acid groups (broad SMARTS) is 1. The number of hydrogen-bond donors (Lipinski definition) is 2. The van der Waals surface area contributed by atoms with E-state index in [9.17, 15) is 9.59 Å². The van der Waals surface area contributed by atoms with Gasteiger partial charge in [0.15, 0.2) is 0 Å². The van der Waals surface area contributed by atoms with Gasteiger partial charge in [0.1, 0.15) is 0 Å². The normalized spacial score (nSPS) is 21.6. The van der Waals surface area contributed by atoms with Crippen LogP contribution in [0.3, 0.4) is 0 Å². The second-order valence-corrected chi connectivity index (χ2v) is 6.09. The van der Waals surface area contributed by atoms with Crippen molar-refractivity contribution in [2.45, 2.75) is 24.2 Å². The number of carboxylic acids is 1. The molecule has 1 amide bonds. The summed E-state index contributed by atoms with van der Waals surface area (Å²) in [7, 11) is 0. The Balaban J connectivity index is 1.71. The van der Waals surface area contributed by atoms with E-state index < -0.39 is 5.97 Å². The number of rotatable bonds is 6. The zero-order chi connectivity index (χ0) is 14.4. The van der Waals surface area contributed by atoms with Gasteiger partial charge in [0.05, 0.1) is 11.7 Å². The second kappa shape index (κ2) is 7.33. The Hall–Kier alpha value is -1.49. The van der Waals surface area contributed by atoms with Crippen molar-refractivity contribution in [3.63, 3.8) is 0 Å². The molecule has 4 nitrogen and oxygen atoms in total. The molecule has 0 radical (unpaired) electrons. The largest absolute Gasteiger partial charge is 0.481 e. The van der Waals surface area contributed by atoms with Gasteiger partial charge in [-0.15, -0.1) is 11.8 Å². The summed E-state index contributed by atoms with van der Waals surface area (Å²) >= 11 is 1.49. The number of benzene rings is 1. The highest BCUT2D eigenvalue weighted by Gasteiger charge is 2.32. The number of nitrogens with one attached hydrogen (secondary N) is 1. The lowest BCUT2D eigenvalue weighted by atomic mass is 9.96. The summed E-state index contributed by atoms with van der Waals surface area (Å²) in [6.07, 6.45) is 2.56. The Bertz CT molecular complexity index is 463. The molecule has 1 saturated carbocycles. The molecule has 0 saturated heterocycles. The lowest BCUT2D eigenvalue weighted by molar-refractivity contribution is -0.143. The SMILES string of the molecule is O=C(CSc1ccccc1)NCC1CCCC1C(=O)O. The van der Waals surface area contributed by atoms with Gasteiger partial charge in [0.2, 0.25) is 5.91 Å². The third-order valence-corrected chi connectivity index (χ3v) is 4.66. The number of carbonyl (C=O) groups is 2. The van der Waals surface area contributed by atoms with E-state index >= 15 is 0 Å². The van der Waals surface area contributed by atoms with Crippen LogP contribution in [0.5, 0.6) is 0 Å². The quantitative estimate of drug-likeness (QED) is 0.790. The first kappa shape index (κ1) is 14.9. The van der Waals surface area contributed by atoms with Gasteiger partial charge in [-0.05, 0) is 30.9 Å². The molecule has 2 N–H and O–H groups in total. The first-order chi connectivity index (χ1) is 9.66. The highest BCUT2D eigenvalue weighted by molar-refractivity contribution is 8.00. The van der Waals surface area contributed by atoms with Crippen LogP contribution in [0.25, 0.3) is 0 Å². The minimum Gasteiger partial charge on any atom is -0.481 e. The topological polar surface area (TPSA) is 66.4 Å². The van der Waals surface area contributed by atoms with Gasteiger partial charge in [-0.3, -0.25) is 9.59 Å². The van der Waals surface area contributed by atoms with Gasteiger partial charge in [0, 0.05) is 11.4 Å². The minimum absolute atomic E-state index is 0.0325. The molecule has 1 aliphatic carbocycles. The Kier molecular flexibility index (Phi) is 5.47. The fourth-order valence-corrected chi connectivity index (χ4v) is 3.32. The van der Waals surface area contributed by atoms with Crippen LogP contribution in [0.1, 0.15) is 19.3 Å². The van der Waals surface area contributed by atoms with Crippen LogP contribution >= 0.6 is 11.8 Å². The van der Waals surface area contributed by atoms with E-state index in [1.807, 2.05) is 30.3 Å². The highest BCUT2D eigenvalue weighted by atomic mass is 32.2. The average molecular weight is 293 g/mol. The fraction of sp³-hybridized carbons (Fsp3) is 0.467. The molecule has 0 aromatic heterocycles. The van der Waals surface area contributed by atoms with Crippen molar-refractivity contribution in [3.8, 4) is 0 Å². The lowest BCUT2D eigenvalue weighted by Crippen LogP contribution is -2.33. The van der Waals surface area contributed by atoms with Gasteiger partial charge in [-0.25, -0.2) is 0 Å². The van der Waals surface area contributed by atoms with E-state index in [0.717, 1.165) is 24.2 Å². The Morgan fingerprint density at radius 3 is 2.70 bits per heavy atom. The predicted octanol–water partition coefficient (Wildman–Crippen LogP) is 2.40. The third kappa shape index (κ3) is 4.27. The van der Waals surface area contributed by atoms with Crippen LogP contribution in [-0.4, -0.2) is 29.3 Å². The second-order valence-electron chi connectivity index (χ2n) is 5.04. The molecule has 5 heteroatoms. The molecule has 1 fully saturated rings. The van der Waals surface area contributed by atoms with Crippen molar-refractivity contribution < 1.29 is 14.7 Å². The van der Waals surface area contributed by atoms with Gasteiger partial charge >= 0.3 is 5.97 Å². The maximum absolute atomic E-state index is 11.8. The van der Waals surface area contributed by atoms with Crippen LogP contribution in [0.2, 0.25) is 0 Å². The van der Waals surface area contributed by atoms with Gasteiger partial charge in [-0.2, -0.15) is 0 Å². The van der Waals surface area contributed by atoms with Crippen molar-refractivity contribution in [1.82, 2.24) is 5.32 Å². The molecule has 0 spiro atoms. The molecule has 1 aromatic carbocycles. The van der Waals surface area contributed by atoms with Crippen molar-refractivity contribution >= 4 is 23.6 Å². The number of hydrogen-bond acceptors (Lipinski definition) is 3. The van der Waals surface area contributed by atoms with Gasteiger partial charge in [-0.1, -0.05) is 24.6 Å². The Morgan fingerprint density at radius 1 is 1.25 bits per heavy atom. The summed E-state index contributed by atoms with van der Waals surface area (Å²) in [6, 6.07) is 9.76. The summed E-state index contributed by atoms with van der Waals surface area (Å²) in [5.74, 6) is -0.611. The summed E-state index contributed by atoms with van der Waals surface area (Å²) in [6.45, 7) is 0.477. The average Bonchev–Trinajstić information content (AvgIpc) is 2.92. The van der Waals surface area contributed by atoms with E-state index in [2.05, 4.69) is 5.32 Å². The lowest BCUT2D eigenvalue weighted by Gasteiger charge is -2.16. The number of thioether (sulfide) groups is 1. The monoisotopic (exact) mass is 293 g/mol. The first-order valence-corrected chi connectivity index (χ1v) is 7.82. The summed E-state index contributed by atoms with van der Waals surface area (Å²) in [4.78, 5) is 23.9. The molecule has 20 heavy (non-hydrogen) atoms. The fourth-order valence-electron chi connectivity index (χ4n) is 2.57. The zero-order valence-corrected chi connectivity index (χ0v) is 12.1. The van der Waals surface area contributed by atoms with Crippen LogP contribution in [0.4, 0.5) is 0 Å². The van der Waals surface area contributed by atoms with Crippen molar-refractivity contribution in [1.29, 1.82) is 0 Å². The highest BCUT2D eigenvalue weighted by Crippen LogP contribution is 2.31. The van der Waals surface area contributed by atoms with Crippen LogP contribution < -0.4 is 5.32 Å². The molecular formula is C15H19NO3S. The molecule has 2 unspecified atom stereocenters. The molecule has 2 atom stereocenters. The molecule has 0 heterocycles. The molecule has 108 valence electrons. The zero-order valence-electron chi connectivity index (χ0n) is 11.2. The Labute approximate surface area is 123 Å². The van der Waals surface area contributed by atoms with Crippen molar-refractivity contribution in [2.24, 2.45) is 11.8 Å². The minimum atomic E-state index is -0.736. The maximum Gasteiger partial charge on any atom is 0.306 e. The number of amides is 1. The molecule has 1 aliphatic rings. The Morgan fingerprint density at radius 2 is 2.00 bits per heavy atom. The van der Waals surface area contributed by atoms with E-state index in [1.54, 1.807) is 0 Å². The van der Waals surface area contributed by atoms with Gasteiger partial charge < -0.3 is 10.4 Å². The van der Waals surface area contributed by atoms with Gasteiger partial charge in [0.25, 0.3) is 0 Å². The van der Waals surface area contributed by atoms with Crippen molar-refractivity contribution in [3.05, 3.63) is 30.3 Å². The first-order valence-electron chi connectivity index (χ1n) is 6.84. The standard InChI is InChI=1S/C15H19NO3S/c17-14(10-20-12-6-2-1-3-7-12)16-9-11-5-4-8-13(11)15(18)19/h1-3,6-7,11,13H,4-5,8-10H2,(H,16,17)(H,18,19). The van der Waals surface area contributed by atoms with E-state index in [-0.39, 0.29) is 17.7 Å². The number of aliphatic carboxylic acids is 1. The van der Waals surface area contributed by atoms with E-state index in [4.69, 9.17) is 5.11 Å². The van der Waals surface area contributed by atoms with Crippen molar-refractivity contribution in [2.75, 3.05) is 12.3 Å². The summed E-state index contributed by atoms with van der Waals surface area (Å²) in [5, 5.41) is 11.9. The summed E-state index contributed by atoms with van der Waals surface area (Å²) in [5.41, 5.74) is 0. The van der Waals surface area contributed by atoms with Crippen LogP contribution in [0, 0.1) is 11.8 Å². The third-order valence-electron chi connectivity index (χ3n) is 3.65. The maximum atomic E-state index is 11.8.